The molecule has 0 atom stereocenters. The number of nitrogens with zero attached hydrogens (tertiary/aromatic N) is 2. The third kappa shape index (κ3) is 3.39. The second kappa shape index (κ2) is 6.76. The molecule has 0 bridgehead atoms. The Morgan fingerprint density at radius 2 is 2.25 bits per heavy atom. The molecule has 20 heavy (non-hydrogen) atoms. The fraction of sp³-hybridized carbons (Fsp3) is 0.231. The Balaban J connectivity index is 2.18. The number of thiazole rings is 1. The van der Waals surface area contributed by atoms with E-state index in [1.807, 2.05) is 12.3 Å². The highest BCUT2D eigenvalue weighted by Crippen LogP contribution is 2.29. The number of rotatable bonds is 6. The van der Waals surface area contributed by atoms with Gasteiger partial charge in [-0.3, -0.25) is 0 Å². The van der Waals surface area contributed by atoms with Gasteiger partial charge in [-0.15, -0.1) is 11.3 Å². The molecule has 0 radical (unpaired) electrons. The van der Waals surface area contributed by atoms with Gasteiger partial charge in [0, 0.05) is 17.1 Å². The average molecular weight is 293 g/mol. The van der Waals surface area contributed by atoms with Crippen molar-refractivity contribution < 1.29 is 14.7 Å². The van der Waals surface area contributed by atoms with Gasteiger partial charge in [-0.1, -0.05) is 5.16 Å². The number of amidine groups is 1. The van der Waals surface area contributed by atoms with Crippen LogP contribution in [0.1, 0.15) is 17.5 Å². The molecule has 0 aliphatic carbocycles. The summed E-state index contributed by atoms with van der Waals surface area (Å²) in [5.41, 5.74) is 6.12. The van der Waals surface area contributed by atoms with Crippen LogP contribution < -0.4 is 15.2 Å². The van der Waals surface area contributed by atoms with Crippen LogP contribution in [0.15, 0.2) is 34.9 Å². The molecule has 0 aliphatic rings. The van der Waals surface area contributed by atoms with Crippen molar-refractivity contribution >= 4 is 17.2 Å². The fourth-order valence-electron chi connectivity index (χ4n) is 1.58. The van der Waals surface area contributed by atoms with Crippen molar-refractivity contribution in [2.24, 2.45) is 10.9 Å². The smallest absolute Gasteiger partial charge is 0.170 e. The molecule has 2 rings (SSSR count). The first-order valence-electron chi connectivity index (χ1n) is 6.00. The summed E-state index contributed by atoms with van der Waals surface area (Å²) in [6.45, 7) is 2.74. The lowest BCUT2D eigenvalue weighted by molar-refractivity contribution is 0.269. The van der Waals surface area contributed by atoms with Crippen LogP contribution in [0.3, 0.4) is 0 Å². The minimum atomic E-state index is 0.0254. The Kier molecular flexibility index (Phi) is 4.78. The van der Waals surface area contributed by atoms with Crippen molar-refractivity contribution in [1.82, 2.24) is 4.98 Å². The maximum Gasteiger partial charge on any atom is 0.170 e. The summed E-state index contributed by atoms with van der Waals surface area (Å²) in [5, 5.41) is 14.4. The van der Waals surface area contributed by atoms with Gasteiger partial charge in [0.25, 0.3) is 0 Å². The van der Waals surface area contributed by atoms with Crippen molar-refractivity contribution in [3.8, 4) is 11.5 Å². The summed E-state index contributed by atoms with van der Waals surface area (Å²) in [6, 6.07) is 5.11. The molecular weight excluding hydrogens is 278 g/mol. The predicted octanol–water partition coefficient (Wildman–Crippen LogP) is 2.22. The topological polar surface area (TPSA) is 90.0 Å². The molecule has 7 heteroatoms. The summed E-state index contributed by atoms with van der Waals surface area (Å²) >= 11 is 1.52. The van der Waals surface area contributed by atoms with Crippen LogP contribution in [-0.4, -0.2) is 22.6 Å². The third-order valence-electron chi connectivity index (χ3n) is 2.48. The van der Waals surface area contributed by atoms with Crippen molar-refractivity contribution in [3.05, 3.63) is 40.3 Å². The Morgan fingerprint density at radius 1 is 1.40 bits per heavy atom. The summed E-state index contributed by atoms with van der Waals surface area (Å²) in [5.74, 6) is 1.17. The van der Waals surface area contributed by atoms with E-state index in [9.17, 15) is 0 Å². The van der Waals surface area contributed by atoms with Gasteiger partial charge in [0.1, 0.15) is 11.6 Å². The molecule has 0 spiro atoms. The molecule has 1 aromatic carbocycles. The van der Waals surface area contributed by atoms with Gasteiger partial charge < -0.3 is 20.4 Å². The SMILES string of the molecule is CCOc1cc(/C(N)=N/O)ccc1OCc1nccs1. The molecule has 0 saturated carbocycles. The predicted molar refractivity (Wildman–Crippen MR) is 76.6 cm³/mol. The monoisotopic (exact) mass is 293 g/mol. The minimum absolute atomic E-state index is 0.0254. The summed E-state index contributed by atoms with van der Waals surface area (Å²) in [7, 11) is 0. The Morgan fingerprint density at radius 3 is 2.90 bits per heavy atom. The van der Waals surface area contributed by atoms with Crippen LogP contribution >= 0.6 is 11.3 Å². The van der Waals surface area contributed by atoms with E-state index < -0.39 is 0 Å². The van der Waals surface area contributed by atoms with Crippen LogP contribution in [0.4, 0.5) is 0 Å². The van der Waals surface area contributed by atoms with Crippen LogP contribution in [0.2, 0.25) is 0 Å². The lowest BCUT2D eigenvalue weighted by atomic mass is 10.2. The molecule has 3 N–H and O–H groups in total. The largest absolute Gasteiger partial charge is 0.490 e. The van der Waals surface area contributed by atoms with Crippen molar-refractivity contribution in [3.63, 3.8) is 0 Å². The molecule has 0 saturated heterocycles. The molecular formula is C13H15N3O3S. The average Bonchev–Trinajstić information content (AvgIpc) is 2.98. The van der Waals surface area contributed by atoms with E-state index in [0.29, 0.717) is 30.3 Å². The second-order valence-corrected chi connectivity index (χ2v) is 4.77. The Hall–Kier alpha value is -2.28. The number of aromatic nitrogens is 1. The van der Waals surface area contributed by atoms with Crippen molar-refractivity contribution in [2.75, 3.05) is 6.61 Å². The van der Waals surface area contributed by atoms with Crippen LogP contribution in [0.5, 0.6) is 11.5 Å². The Labute approximate surface area is 120 Å². The van der Waals surface area contributed by atoms with Gasteiger partial charge in [-0.25, -0.2) is 4.98 Å². The highest BCUT2D eigenvalue weighted by atomic mass is 32.1. The minimum Gasteiger partial charge on any atom is -0.490 e. The van der Waals surface area contributed by atoms with Crippen LogP contribution in [0, 0.1) is 0 Å². The van der Waals surface area contributed by atoms with Gasteiger partial charge >= 0.3 is 0 Å². The number of oxime groups is 1. The maximum atomic E-state index is 8.69. The van der Waals surface area contributed by atoms with Crippen molar-refractivity contribution in [1.29, 1.82) is 0 Å². The van der Waals surface area contributed by atoms with E-state index in [-0.39, 0.29) is 5.84 Å². The molecule has 6 nitrogen and oxygen atoms in total. The molecule has 0 aliphatic heterocycles. The number of ether oxygens (including phenoxy) is 2. The number of benzene rings is 1. The summed E-state index contributed by atoms with van der Waals surface area (Å²) in [6.07, 6.45) is 1.73. The van der Waals surface area contributed by atoms with Gasteiger partial charge in [-0.05, 0) is 25.1 Å². The van der Waals surface area contributed by atoms with Crippen molar-refractivity contribution in [2.45, 2.75) is 13.5 Å². The van der Waals surface area contributed by atoms with Gasteiger partial charge in [0.15, 0.2) is 17.3 Å². The normalized spacial score (nSPS) is 11.3. The molecule has 0 fully saturated rings. The van der Waals surface area contributed by atoms with E-state index in [4.69, 9.17) is 20.4 Å². The fourth-order valence-corrected chi connectivity index (χ4v) is 2.10. The lowest BCUT2D eigenvalue weighted by Crippen LogP contribution is -2.13. The second-order valence-electron chi connectivity index (χ2n) is 3.79. The molecule has 1 heterocycles. The quantitative estimate of drug-likeness (QED) is 0.369. The van der Waals surface area contributed by atoms with E-state index in [1.165, 1.54) is 11.3 Å². The van der Waals surface area contributed by atoms with Gasteiger partial charge in [0.05, 0.1) is 6.61 Å². The number of nitrogens with two attached hydrogens (primary N) is 1. The third-order valence-corrected chi connectivity index (χ3v) is 3.23. The van der Waals surface area contributed by atoms with E-state index in [1.54, 1.807) is 24.4 Å². The zero-order chi connectivity index (χ0) is 14.4. The summed E-state index contributed by atoms with van der Waals surface area (Å²) in [4.78, 5) is 4.15. The maximum absolute atomic E-state index is 8.69. The number of hydrogen-bond donors (Lipinski definition) is 2. The molecule has 0 amide bonds. The first kappa shape index (κ1) is 14.1. The lowest BCUT2D eigenvalue weighted by Gasteiger charge is -2.12. The van der Waals surface area contributed by atoms with E-state index >= 15 is 0 Å². The zero-order valence-electron chi connectivity index (χ0n) is 10.9. The highest BCUT2D eigenvalue weighted by molar-refractivity contribution is 7.09. The van der Waals surface area contributed by atoms with Gasteiger partial charge in [-0.2, -0.15) is 0 Å². The first-order valence-corrected chi connectivity index (χ1v) is 6.88. The Bertz CT molecular complexity index is 585. The highest BCUT2D eigenvalue weighted by Gasteiger charge is 2.09. The zero-order valence-corrected chi connectivity index (χ0v) is 11.8. The first-order chi connectivity index (χ1) is 9.74. The molecule has 106 valence electrons. The van der Waals surface area contributed by atoms with Crippen LogP contribution in [-0.2, 0) is 6.61 Å². The molecule has 0 unspecified atom stereocenters. The van der Waals surface area contributed by atoms with Gasteiger partial charge in [0.2, 0.25) is 0 Å². The van der Waals surface area contributed by atoms with Crippen LogP contribution in [0.25, 0.3) is 0 Å². The van der Waals surface area contributed by atoms with E-state index in [0.717, 1.165) is 5.01 Å². The summed E-state index contributed by atoms with van der Waals surface area (Å²) < 4.78 is 11.2. The molecule has 1 aromatic heterocycles. The van der Waals surface area contributed by atoms with E-state index in [2.05, 4.69) is 10.1 Å². The standard InChI is InChI=1S/C13H15N3O3S/c1-2-18-11-7-9(13(14)16-17)3-4-10(11)19-8-12-15-5-6-20-12/h3-7,17H,2,8H2,1H3,(H2,14,16). The molecule has 2 aromatic rings. The number of hydrogen-bond acceptors (Lipinski definition) is 6.